The average Bonchev–Trinajstić information content (AvgIpc) is 3.04. The maximum Gasteiger partial charge on any atom is 0.419 e. The first-order valence-electron chi connectivity index (χ1n) is 8.94. The summed E-state index contributed by atoms with van der Waals surface area (Å²) in [6.45, 7) is 1.97. The molecule has 2 amide bonds. The molecule has 2 aromatic carbocycles. The molecule has 0 aliphatic rings. The van der Waals surface area contributed by atoms with Crippen molar-refractivity contribution < 1.29 is 18.7 Å². The third kappa shape index (κ3) is 4.79. The van der Waals surface area contributed by atoms with Crippen molar-refractivity contribution in [3.8, 4) is 5.75 Å². The third-order valence-corrected chi connectivity index (χ3v) is 4.18. The van der Waals surface area contributed by atoms with Crippen LogP contribution in [0.1, 0.15) is 18.9 Å². The molecule has 0 saturated carbocycles. The Balaban J connectivity index is 1.42. The number of carbonyl (C=O) groups excluding carboxylic acids is 2. The lowest BCUT2D eigenvalue weighted by Gasteiger charge is -2.09. The van der Waals surface area contributed by atoms with E-state index in [9.17, 15) is 14.4 Å². The predicted molar refractivity (Wildman–Crippen MR) is 103 cm³/mol. The van der Waals surface area contributed by atoms with Gasteiger partial charge in [-0.05, 0) is 36.2 Å². The van der Waals surface area contributed by atoms with E-state index in [0.29, 0.717) is 16.8 Å². The number of aromatic nitrogens is 1. The molecule has 0 atom stereocenters. The summed E-state index contributed by atoms with van der Waals surface area (Å²) in [5.41, 5.74) is 6.84. The summed E-state index contributed by atoms with van der Waals surface area (Å²) < 4.78 is 11.8. The number of amides is 2. The molecule has 1 aromatic heterocycles. The highest BCUT2D eigenvalue weighted by Gasteiger charge is 2.11. The van der Waals surface area contributed by atoms with Gasteiger partial charge in [0.1, 0.15) is 5.75 Å². The molecule has 0 saturated heterocycles. The molecule has 0 aliphatic heterocycles. The molecule has 3 aromatic rings. The number of ether oxygens (including phenoxy) is 1. The smallest absolute Gasteiger partial charge is 0.419 e. The van der Waals surface area contributed by atoms with Crippen LogP contribution < -0.4 is 21.3 Å². The maximum absolute atomic E-state index is 11.9. The number of nitrogens with zero attached hydrogens (tertiary/aromatic N) is 1. The van der Waals surface area contributed by atoms with Crippen molar-refractivity contribution in [1.82, 2.24) is 15.4 Å². The van der Waals surface area contributed by atoms with Crippen molar-refractivity contribution in [2.45, 2.75) is 26.3 Å². The zero-order chi connectivity index (χ0) is 19.9. The fourth-order valence-electron chi connectivity index (χ4n) is 2.65. The second-order valence-electron chi connectivity index (χ2n) is 6.12. The predicted octanol–water partition coefficient (Wildman–Crippen LogP) is 1.77. The zero-order valence-electron chi connectivity index (χ0n) is 15.4. The first-order valence-corrected chi connectivity index (χ1v) is 8.94. The molecule has 146 valence electrons. The SMILES string of the molecule is CCc1ccc(OCC(=O)NNC(=O)CCn2c(=O)oc3ccccc32)cc1. The number of hydrogen-bond acceptors (Lipinski definition) is 5. The van der Waals surface area contributed by atoms with Gasteiger partial charge in [-0.15, -0.1) is 0 Å². The van der Waals surface area contributed by atoms with E-state index in [4.69, 9.17) is 9.15 Å². The highest BCUT2D eigenvalue weighted by atomic mass is 16.5. The Morgan fingerprint density at radius 2 is 1.75 bits per heavy atom. The van der Waals surface area contributed by atoms with Crippen LogP contribution in [-0.4, -0.2) is 23.0 Å². The number of benzene rings is 2. The number of hydrogen-bond donors (Lipinski definition) is 2. The Hall–Kier alpha value is -3.55. The van der Waals surface area contributed by atoms with Crippen LogP contribution in [0.2, 0.25) is 0 Å². The lowest BCUT2D eigenvalue weighted by molar-refractivity contribution is -0.130. The first kappa shape index (κ1) is 19.2. The van der Waals surface area contributed by atoms with E-state index in [-0.39, 0.29) is 19.6 Å². The number of carbonyl (C=O) groups is 2. The Bertz CT molecular complexity index is 1020. The summed E-state index contributed by atoms with van der Waals surface area (Å²) >= 11 is 0. The van der Waals surface area contributed by atoms with Crippen LogP contribution in [0, 0.1) is 0 Å². The van der Waals surface area contributed by atoms with Gasteiger partial charge in [0.15, 0.2) is 12.2 Å². The molecule has 0 aliphatic carbocycles. The van der Waals surface area contributed by atoms with E-state index in [0.717, 1.165) is 6.42 Å². The van der Waals surface area contributed by atoms with E-state index in [1.165, 1.54) is 10.1 Å². The average molecular weight is 383 g/mol. The Kier molecular flexibility index (Phi) is 6.11. The molecule has 0 radical (unpaired) electrons. The molecule has 8 heteroatoms. The van der Waals surface area contributed by atoms with Crippen LogP contribution in [0.3, 0.4) is 0 Å². The molecule has 2 N–H and O–H groups in total. The number of fused-ring (bicyclic) bond motifs is 1. The monoisotopic (exact) mass is 383 g/mol. The van der Waals surface area contributed by atoms with Gasteiger partial charge in [0.05, 0.1) is 5.52 Å². The van der Waals surface area contributed by atoms with Crippen molar-refractivity contribution >= 4 is 22.9 Å². The van der Waals surface area contributed by atoms with E-state index < -0.39 is 17.6 Å². The lowest BCUT2D eigenvalue weighted by atomic mass is 10.2. The lowest BCUT2D eigenvalue weighted by Crippen LogP contribution is -2.44. The minimum Gasteiger partial charge on any atom is -0.484 e. The molecule has 1 heterocycles. The van der Waals surface area contributed by atoms with Crippen molar-refractivity contribution in [1.29, 1.82) is 0 Å². The summed E-state index contributed by atoms with van der Waals surface area (Å²) in [6, 6.07) is 14.4. The van der Waals surface area contributed by atoms with E-state index in [1.54, 1.807) is 36.4 Å². The molecular weight excluding hydrogens is 362 g/mol. The molecule has 0 fully saturated rings. The fraction of sp³-hybridized carbons (Fsp3) is 0.250. The molecule has 0 unspecified atom stereocenters. The largest absolute Gasteiger partial charge is 0.484 e. The quantitative estimate of drug-likeness (QED) is 0.606. The summed E-state index contributed by atoms with van der Waals surface area (Å²) in [4.78, 5) is 35.6. The molecule has 8 nitrogen and oxygen atoms in total. The highest BCUT2D eigenvalue weighted by molar-refractivity contribution is 5.82. The molecular formula is C20H21N3O5. The van der Waals surface area contributed by atoms with Gasteiger partial charge >= 0.3 is 5.76 Å². The van der Waals surface area contributed by atoms with Gasteiger partial charge in [-0.3, -0.25) is 25.0 Å². The number of nitrogens with one attached hydrogen (secondary N) is 2. The third-order valence-electron chi connectivity index (χ3n) is 4.18. The van der Waals surface area contributed by atoms with Crippen molar-refractivity contribution in [2.24, 2.45) is 0 Å². The molecule has 28 heavy (non-hydrogen) atoms. The molecule has 3 rings (SSSR count). The van der Waals surface area contributed by atoms with Crippen LogP contribution in [0.15, 0.2) is 57.7 Å². The van der Waals surface area contributed by atoms with Crippen LogP contribution in [0.25, 0.3) is 11.1 Å². The standard InChI is InChI=1S/C20H21N3O5/c1-2-14-7-9-15(10-8-14)27-13-19(25)22-21-18(24)11-12-23-16-5-3-4-6-17(16)28-20(23)26/h3-10H,2,11-13H2,1H3,(H,21,24)(H,22,25). The van der Waals surface area contributed by atoms with Crippen molar-refractivity contribution in [2.75, 3.05) is 6.61 Å². The van der Waals surface area contributed by atoms with E-state index in [1.807, 2.05) is 12.1 Å². The van der Waals surface area contributed by atoms with Crippen LogP contribution in [0.5, 0.6) is 5.75 Å². The van der Waals surface area contributed by atoms with E-state index in [2.05, 4.69) is 17.8 Å². The van der Waals surface area contributed by atoms with Crippen LogP contribution >= 0.6 is 0 Å². The van der Waals surface area contributed by atoms with Gasteiger partial charge in [-0.2, -0.15) is 0 Å². The maximum atomic E-state index is 11.9. The number of aryl methyl sites for hydroxylation is 2. The first-order chi connectivity index (χ1) is 13.6. The number of hydrazine groups is 1. The second-order valence-corrected chi connectivity index (χ2v) is 6.12. The second kappa shape index (κ2) is 8.90. The summed E-state index contributed by atoms with van der Waals surface area (Å²) in [5.74, 6) is -0.873. The van der Waals surface area contributed by atoms with Crippen LogP contribution in [0.4, 0.5) is 0 Å². The van der Waals surface area contributed by atoms with Gasteiger partial charge in [0, 0.05) is 13.0 Å². The van der Waals surface area contributed by atoms with Gasteiger partial charge < -0.3 is 9.15 Å². The summed E-state index contributed by atoms with van der Waals surface area (Å²) in [7, 11) is 0. The van der Waals surface area contributed by atoms with E-state index >= 15 is 0 Å². The molecule has 0 spiro atoms. The Labute approximate surface area is 161 Å². The number of rotatable bonds is 7. The van der Waals surface area contributed by atoms with Crippen LogP contribution in [-0.2, 0) is 22.6 Å². The number of para-hydroxylation sites is 2. The van der Waals surface area contributed by atoms with Crippen molar-refractivity contribution in [3.05, 3.63) is 64.6 Å². The van der Waals surface area contributed by atoms with Crippen molar-refractivity contribution in [3.63, 3.8) is 0 Å². The normalized spacial score (nSPS) is 10.6. The topological polar surface area (TPSA) is 103 Å². The minimum absolute atomic E-state index is 0.00303. The highest BCUT2D eigenvalue weighted by Crippen LogP contribution is 2.13. The van der Waals surface area contributed by atoms with Gasteiger partial charge in [0.25, 0.3) is 5.91 Å². The fourth-order valence-corrected chi connectivity index (χ4v) is 2.65. The molecule has 0 bridgehead atoms. The Morgan fingerprint density at radius 1 is 1.04 bits per heavy atom. The van der Waals surface area contributed by atoms with Gasteiger partial charge in [0.2, 0.25) is 5.91 Å². The number of oxazole rings is 1. The minimum atomic E-state index is -0.527. The summed E-state index contributed by atoms with van der Waals surface area (Å²) in [6.07, 6.45) is 0.927. The summed E-state index contributed by atoms with van der Waals surface area (Å²) in [5, 5.41) is 0. The van der Waals surface area contributed by atoms with Gasteiger partial charge in [-0.1, -0.05) is 31.2 Å². The zero-order valence-corrected chi connectivity index (χ0v) is 15.4. The Morgan fingerprint density at radius 3 is 2.50 bits per heavy atom. The van der Waals surface area contributed by atoms with Gasteiger partial charge in [-0.25, -0.2) is 4.79 Å².